The SMILES string of the molecule is Cc1cc(N)cc(N2CCN(c3ccccn3)CC2)c1. The van der Waals surface area contributed by atoms with E-state index in [0.717, 1.165) is 37.7 Å². The van der Waals surface area contributed by atoms with Gasteiger partial charge in [-0.2, -0.15) is 0 Å². The van der Waals surface area contributed by atoms with Gasteiger partial charge in [0.05, 0.1) is 0 Å². The molecule has 20 heavy (non-hydrogen) atoms. The molecular formula is C16H20N4. The van der Waals surface area contributed by atoms with Crippen molar-refractivity contribution in [2.75, 3.05) is 41.7 Å². The third kappa shape index (κ3) is 2.69. The molecule has 0 atom stereocenters. The van der Waals surface area contributed by atoms with Crippen LogP contribution in [0.3, 0.4) is 0 Å². The zero-order valence-electron chi connectivity index (χ0n) is 11.8. The van der Waals surface area contributed by atoms with Crippen LogP contribution in [0.15, 0.2) is 42.6 Å². The number of pyridine rings is 1. The molecule has 1 fully saturated rings. The van der Waals surface area contributed by atoms with Crippen molar-refractivity contribution in [3.05, 3.63) is 48.2 Å². The fraction of sp³-hybridized carbons (Fsp3) is 0.312. The fourth-order valence-corrected chi connectivity index (χ4v) is 2.71. The summed E-state index contributed by atoms with van der Waals surface area (Å²) in [6.45, 7) is 6.07. The highest BCUT2D eigenvalue weighted by Crippen LogP contribution is 2.22. The van der Waals surface area contributed by atoms with E-state index in [1.807, 2.05) is 24.4 Å². The van der Waals surface area contributed by atoms with Crippen LogP contribution < -0.4 is 15.5 Å². The lowest BCUT2D eigenvalue weighted by atomic mass is 10.1. The van der Waals surface area contributed by atoms with Crippen LogP contribution in [0.5, 0.6) is 0 Å². The lowest BCUT2D eigenvalue weighted by molar-refractivity contribution is 0.647. The molecule has 1 aliphatic rings. The average molecular weight is 268 g/mol. The second-order valence-corrected chi connectivity index (χ2v) is 5.26. The first kappa shape index (κ1) is 12.8. The molecule has 0 bridgehead atoms. The van der Waals surface area contributed by atoms with Crippen LogP contribution >= 0.6 is 0 Å². The standard InChI is InChI=1S/C16H20N4/c1-13-10-14(17)12-15(11-13)19-6-8-20(9-7-19)16-4-2-3-5-18-16/h2-5,10-12H,6-9,17H2,1H3. The minimum absolute atomic E-state index is 0.840. The van der Waals surface area contributed by atoms with E-state index in [-0.39, 0.29) is 0 Å². The van der Waals surface area contributed by atoms with Gasteiger partial charge in [0.1, 0.15) is 5.82 Å². The third-order valence-electron chi connectivity index (χ3n) is 3.70. The summed E-state index contributed by atoms with van der Waals surface area (Å²) in [5.74, 6) is 1.07. The summed E-state index contributed by atoms with van der Waals surface area (Å²) in [7, 11) is 0. The Hall–Kier alpha value is -2.23. The lowest BCUT2D eigenvalue weighted by Crippen LogP contribution is -2.46. The monoisotopic (exact) mass is 268 g/mol. The molecule has 1 aromatic carbocycles. The first-order valence-electron chi connectivity index (χ1n) is 7.00. The van der Waals surface area contributed by atoms with Crippen LogP contribution in [0.25, 0.3) is 0 Å². The second kappa shape index (κ2) is 5.41. The fourth-order valence-electron chi connectivity index (χ4n) is 2.71. The van der Waals surface area contributed by atoms with Gasteiger partial charge in [0.15, 0.2) is 0 Å². The summed E-state index contributed by atoms with van der Waals surface area (Å²) in [6, 6.07) is 12.3. The Morgan fingerprint density at radius 2 is 1.75 bits per heavy atom. The highest BCUT2D eigenvalue weighted by atomic mass is 15.3. The van der Waals surface area contributed by atoms with E-state index in [1.54, 1.807) is 0 Å². The average Bonchev–Trinajstić information content (AvgIpc) is 2.47. The minimum Gasteiger partial charge on any atom is -0.399 e. The molecule has 4 heteroatoms. The first-order chi connectivity index (χ1) is 9.72. The number of hydrogen-bond donors (Lipinski definition) is 1. The molecule has 3 rings (SSSR count). The molecule has 0 saturated carbocycles. The van der Waals surface area contributed by atoms with Gasteiger partial charge < -0.3 is 15.5 Å². The summed E-state index contributed by atoms with van der Waals surface area (Å²) < 4.78 is 0. The quantitative estimate of drug-likeness (QED) is 0.849. The van der Waals surface area contributed by atoms with E-state index in [9.17, 15) is 0 Å². The Morgan fingerprint density at radius 1 is 1.00 bits per heavy atom. The Kier molecular flexibility index (Phi) is 3.46. The van der Waals surface area contributed by atoms with E-state index in [2.05, 4.69) is 39.9 Å². The Bertz CT molecular complexity index is 554. The Morgan fingerprint density at radius 3 is 2.40 bits per heavy atom. The van der Waals surface area contributed by atoms with Gasteiger partial charge in [-0.15, -0.1) is 0 Å². The van der Waals surface area contributed by atoms with Crippen molar-refractivity contribution in [2.45, 2.75) is 6.92 Å². The third-order valence-corrected chi connectivity index (χ3v) is 3.70. The van der Waals surface area contributed by atoms with Crippen molar-refractivity contribution in [1.29, 1.82) is 0 Å². The van der Waals surface area contributed by atoms with Gasteiger partial charge in [-0.1, -0.05) is 6.07 Å². The Balaban J connectivity index is 1.69. The molecule has 1 aromatic heterocycles. The number of aryl methyl sites for hydroxylation is 1. The van der Waals surface area contributed by atoms with Crippen molar-refractivity contribution in [3.8, 4) is 0 Å². The van der Waals surface area contributed by atoms with E-state index in [1.165, 1.54) is 11.3 Å². The molecule has 104 valence electrons. The molecule has 0 aliphatic carbocycles. The number of benzene rings is 1. The molecule has 2 aromatic rings. The second-order valence-electron chi connectivity index (χ2n) is 5.26. The van der Waals surface area contributed by atoms with Crippen LogP contribution in [0.4, 0.5) is 17.2 Å². The number of piperazine rings is 1. The molecule has 0 spiro atoms. The number of nitrogen functional groups attached to an aromatic ring is 1. The lowest BCUT2D eigenvalue weighted by Gasteiger charge is -2.37. The largest absolute Gasteiger partial charge is 0.399 e. The van der Waals surface area contributed by atoms with E-state index in [4.69, 9.17) is 5.73 Å². The molecular weight excluding hydrogens is 248 g/mol. The summed E-state index contributed by atoms with van der Waals surface area (Å²) >= 11 is 0. The van der Waals surface area contributed by atoms with Crippen LogP contribution in [0.2, 0.25) is 0 Å². The van der Waals surface area contributed by atoms with Gasteiger partial charge in [-0.3, -0.25) is 0 Å². The summed E-state index contributed by atoms with van der Waals surface area (Å²) in [4.78, 5) is 9.14. The maximum absolute atomic E-state index is 5.94. The van der Waals surface area contributed by atoms with E-state index in [0.29, 0.717) is 0 Å². The molecule has 0 amide bonds. The Labute approximate surface area is 119 Å². The maximum Gasteiger partial charge on any atom is 0.128 e. The van der Waals surface area contributed by atoms with Gasteiger partial charge >= 0.3 is 0 Å². The summed E-state index contributed by atoms with van der Waals surface area (Å²) in [5.41, 5.74) is 9.22. The van der Waals surface area contributed by atoms with Crippen molar-refractivity contribution in [2.24, 2.45) is 0 Å². The number of anilines is 3. The predicted octanol–water partition coefficient (Wildman–Crippen LogP) is 2.30. The highest BCUT2D eigenvalue weighted by Gasteiger charge is 2.18. The topological polar surface area (TPSA) is 45.4 Å². The molecule has 2 N–H and O–H groups in total. The van der Waals surface area contributed by atoms with Gasteiger partial charge in [-0.05, 0) is 42.8 Å². The molecule has 2 heterocycles. The van der Waals surface area contributed by atoms with Gasteiger partial charge in [0.2, 0.25) is 0 Å². The summed E-state index contributed by atoms with van der Waals surface area (Å²) in [6.07, 6.45) is 1.85. The first-order valence-corrected chi connectivity index (χ1v) is 7.00. The molecule has 4 nitrogen and oxygen atoms in total. The maximum atomic E-state index is 5.94. The summed E-state index contributed by atoms with van der Waals surface area (Å²) in [5, 5.41) is 0. The number of nitrogens with zero attached hydrogens (tertiary/aromatic N) is 3. The zero-order chi connectivity index (χ0) is 13.9. The number of aromatic nitrogens is 1. The smallest absolute Gasteiger partial charge is 0.128 e. The van der Waals surface area contributed by atoms with Gasteiger partial charge in [0, 0.05) is 43.8 Å². The van der Waals surface area contributed by atoms with Gasteiger partial charge in [-0.25, -0.2) is 4.98 Å². The number of hydrogen-bond acceptors (Lipinski definition) is 4. The van der Waals surface area contributed by atoms with Gasteiger partial charge in [0.25, 0.3) is 0 Å². The highest BCUT2D eigenvalue weighted by molar-refractivity contribution is 5.59. The normalized spacial score (nSPS) is 15.4. The van der Waals surface area contributed by atoms with Crippen molar-refractivity contribution < 1.29 is 0 Å². The van der Waals surface area contributed by atoms with Crippen molar-refractivity contribution in [1.82, 2.24) is 4.98 Å². The zero-order valence-corrected chi connectivity index (χ0v) is 11.8. The molecule has 0 radical (unpaired) electrons. The van der Waals surface area contributed by atoms with Crippen LogP contribution in [0, 0.1) is 6.92 Å². The van der Waals surface area contributed by atoms with Crippen molar-refractivity contribution >= 4 is 17.2 Å². The van der Waals surface area contributed by atoms with E-state index < -0.39 is 0 Å². The minimum atomic E-state index is 0.840. The number of nitrogens with two attached hydrogens (primary N) is 1. The molecule has 1 aliphatic heterocycles. The van der Waals surface area contributed by atoms with E-state index >= 15 is 0 Å². The predicted molar refractivity (Wildman–Crippen MR) is 84.3 cm³/mol. The van der Waals surface area contributed by atoms with Crippen LogP contribution in [0.1, 0.15) is 5.56 Å². The van der Waals surface area contributed by atoms with Crippen molar-refractivity contribution in [3.63, 3.8) is 0 Å². The van der Waals surface area contributed by atoms with Crippen LogP contribution in [-0.4, -0.2) is 31.2 Å². The molecule has 1 saturated heterocycles. The molecule has 0 unspecified atom stereocenters. The van der Waals surface area contributed by atoms with Crippen LogP contribution in [-0.2, 0) is 0 Å². The number of rotatable bonds is 2.